The number of carbonyl (C=O) groups is 2. The van der Waals surface area contributed by atoms with Gasteiger partial charge in [-0.05, 0) is 68.1 Å². The van der Waals surface area contributed by atoms with E-state index in [0.29, 0.717) is 11.4 Å². The third-order valence-electron chi connectivity index (χ3n) is 8.56. The second-order valence-electron chi connectivity index (χ2n) is 11.3. The Morgan fingerprint density at radius 3 is 2.45 bits per heavy atom. The molecule has 3 fully saturated rings. The van der Waals surface area contributed by atoms with Gasteiger partial charge in [0.15, 0.2) is 0 Å². The van der Waals surface area contributed by atoms with Gasteiger partial charge in [-0.3, -0.25) is 20.0 Å². The topological polar surface area (TPSA) is 115 Å². The summed E-state index contributed by atoms with van der Waals surface area (Å²) in [7, 11) is 2.11. The van der Waals surface area contributed by atoms with Crippen LogP contribution in [0.4, 0.5) is 26.0 Å². The molecular weight excluding hydrogens is 542 g/mol. The summed E-state index contributed by atoms with van der Waals surface area (Å²) in [5, 5.41) is 5.58. The molecule has 12 heteroatoms. The van der Waals surface area contributed by atoms with Crippen molar-refractivity contribution in [3.05, 3.63) is 77.8 Å². The zero-order valence-electron chi connectivity index (χ0n) is 23.3. The number of likely N-dealkylation sites (N-methyl/N-ethyl adjacent to an activating group) is 1. The molecule has 2 saturated heterocycles. The first-order chi connectivity index (χ1) is 20.4. The van der Waals surface area contributed by atoms with Crippen LogP contribution in [0.5, 0.6) is 0 Å². The van der Waals surface area contributed by atoms with Crippen molar-refractivity contribution in [2.24, 2.45) is 5.92 Å². The summed E-state index contributed by atoms with van der Waals surface area (Å²) in [6.45, 7) is 3.83. The van der Waals surface area contributed by atoms with Crippen molar-refractivity contribution in [3.8, 4) is 0 Å². The van der Waals surface area contributed by atoms with E-state index in [0.717, 1.165) is 69.0 Å². The molecule has 2 aromatic heterocycles. The number of aromatic nitrogens is 2. The van der Waals surface area contributed by atoms with Gasteiger partial charge < -0.3 is 20.4 Å². The van der Waals surface area contributed by atoms with Gasteiger partial charge in [-0.25, -0.2) is 19.2 Å². The largest absolute Gasteiger partial charge is 0.354 e. The van der Waals surface area contributed by atoms with Gasteiger partial charge in [0, 0.05) is 44.3 Å². The van der Waals surface area contributed by atoms with Gasteiger partial charge in [0.05, 0.1) is 23.8 Å². The van der Waals surface area contributed by atoms with Gasteiger partial charge in [0.25, 0.3) is 5.91 Å². The van der Waals surface area contributed by atoms with Crippen LogP contribution in [0.1, 0.15) is 41.1 Å². The van der Waals surface area contributed by atoms with Crippen molar-refractivity contribution in [3.63, 3.8) is 0 Å². The molecule has 4 N–H and O–H groups in total. The van der Waals surface area contributed by atoms with E-state index in [-0.39, 0.29) is 23.8 Å². The molecule has 1 aliphatic carbocycles. The number of fused-ring (bicyclic) bond motifs is 1. The molecule has 2 amide bonds. The first kappa shape index (κ1) is 28.1. The predicted molar refractivity (Wildman–Crippen MR) is 155 cm³/mol. The number of anilines is 3. The lowest BCUT2D eigenvalue weighted by molar-refractivity contribution is -0.119. The highest BCUT2D eigenvalue weighted by atomic mass is 19.1. The third kappa shape index (κ3) is 5.96. The van der Waals surface area contributed by atoms with Gasteiger partial charge in [0.2, 0.25) is 5.91 Å². The Hall–Kier alpha value is -4.00. The van der Waals surface area contributed by atoms with E-state index in [4.69, 9.17) is 0 Å². The first-order valence-corrected chi connectivity index (χ1v) is 14.3. The van der Waals surface area contributed by atoms with Gasteiger partial charge in [0.1, 0.15) is 29.1 Å². The van der Waals surface area contributed by atoms with E-state index in [2.05, 4.69) is 48.3 Å². The van der Waals surface area contributed by atoms with Gasteiger partial charge in [-0.1, -0.05) is 6.07 Å². The normalized spacial score (nSPS) is 24.2. The van der Waals surface area contributed by atoms with Crippen molar-refractivity contribution in [2.75, 3.05) is 48.8 Å². The average molecular weight is 577 g/mol. The smallest absolute Gasteiger partial charge is 0.261 e. The summed E-state index contributed by atoms with van der Waals surface area (Å²) < 4.78 is 28.2. The number of nitrogens with zero attached hydrogens (tertiary/aromatic N) is 4. The molecule has 6 rings (SSSR count). The maximum absolute atomic E-state index is 14.1. The van der Waals surface area contributed by atoms with Crippen molar-refractivity contribution >= 4 is 29.0 Å². The summed E-state index contributed by atoms with van der Waals surface area (Å²) in [6.07, 6.45) is 7.33. The number of rotatable bonds is 6. The number of hydrazine groups is 1. The lowest BCUT2D eigenvalue weighted by Gasteiger charge is -2.33. The monoisotopic (exact) mass is 576 g/mol. The first-order valence-electron chi connectivity index (χ1n) is 14.3. The number of amides is 2. The molecule has 220 valence electrons. The van der Waals surface area contributed by atoms with Crippen molar-refractivity contribution in [2.45, 2.75) is 37.3 Å². The van der Waals surface area contributed by atoms with E-state index in [9.17, 15) is 18.4 Å². The fourth-order valence-corrected chi connectivity index (χ4v) is 6.18. The molecular formula is C30H34F2N8O2. The minimum Gasteiger partial charge on any atom is -0.354 e. The Morgan fingerprint density at radius 1 is 0.929 bits per heavy atom. The van der Waals surface area contributed by atoms with E-state index in [1.807, 2.05) is 12.1 Å². The zero-order chi connectivity index (χ0) is 29.2. The molecule has 0 bridgehead atoms. The number of carbonyl (C=O) groups excluding carboxylic acids is 2. The van der Waals surface area contributed by atoms with Crippen LogP contribution >= 0.6 is 0 Å². The van der Waals surface area contributed by atoms with Gasteiger partial charge in [-0.15, -0.1) is 0 Å². The van der Waals surface area contributed by atoms with Crippen LogP contribution in [-0.2, 0) is 4.79 Å². The Labute approximate surface area is 242 Å². The van der Waals surface area contributed by atoms with Gasteiger partial charge >= 0.3 is 0 Å². The Morgan fingerprint density at radius 2 is 1.71 bits per heavy atom. The average Bonchev–Trinajstić information content (AvgIpc) is 3.42. The van der Waals surface area contributed by atoms with Crippen LogP contribution < -0.4 is 26.4 Å². The number of pyridine rings is 2. The maximum Gasteiger partial charge on any atom is 0.261 e. The van der Waals surface area contributed by atoms with E-state index in [1.54, 1.807) is 18.5 Å². The molecule has 0 radical (unpaired) electrons. The SMILES string of the molecule is CN1CCN(c2ccc(NC(=O)C3NNC4CCC(c5cncc(NC(=O)c6c(F)cccc6F)c5)CC43)cn2)CC1. The highest BCUT2D eigenvalue weighted by Gasteiger charge is 2.44. The third-order valence-corrected chi connectivity index (χ3v) is 8.56. The summed E-state index contributed by atoms with van der Waals surface area (Å²) in [4.78, 5) is 39.3. The number of halogens is 2. The number of benzene rings is 1. The van der Waals surface area contributed by atoms with Crippen LogP contribution in [0, 0.1) is 17.6 Å². The van der Waals surface area contributed by atoms with Crippen LogP contribution in [0.3, 0.4) is 0 Å². The lowest BCUT2D eigenvalue weighted by Crippen LogP contribution is -2.44. The van der Waals surface area contributed by atoms with Crippen LogP contribution in [0.2, 0.25) is 0 Å². The molecule has 3 aromatic rings. The molecule has 2 aliphatic heterocycles. The fourth-order valence-electron chi connectivity index (χ4n) is 6.18. The van der Waals surface area contributed by atoms with Crippen LogP contribution in [0.25, 0.3) is 0 Å². The standard InChI is InChI=1S/C30H34F2N8O2/c1-39-9-11-40(12-10-39)26-8-6-20(17-34-26)35-30(42)28-22-14-18(5-7-25(22)37-38-28)19-13-21(16-33-15-19)36-29(41)27-23(31)3-2-4-24(27)32/h2-4,6,8,13,15-18,22,25,28,37-38H,5,7,9-12,14H2,1H3,(H,35,42)(H,36,41). The summed E-state index contributed by atoms with van der Waals surface area (Å²) >= 11 is 0. The van der Waals surface area contributed by atoms with E-state index in [1.165, 1.54) is 12.3 Å². The Kier molecular flexibility index (Phi) is 8.09. The summed E-state index contributed by atoms with van der Waals surface area (Å²) in [5.41, 5.74) is 7.74. The van der Waals surface area contributed by atoms with E-state index < -0.39 is 29.1 Å². The van der Waals surface area contributed by atoms with Crippen molar-refractivity contribution in [1.82, 2.24) is 25.7 Å². The number of nitrogens with one attached hydrogen (secondary N) is 4. The molecule has 1 aromatic carbocycles. The fraction of sp³-hybridized carbons (Fsp3) is 0.400. The Bertz CT molecular complexity index is 1430. The number of hydrogen-bond donors (Lipinski definition) is 4. The molecule has 42 heavy (non-hydrogen) atoms. The molecule has 10 nitrogen and oxygen atoms in total. The molecule has 4 atom stereocenters. The van der Waals surface area contributed by atoms with Gasteiger partial charge in [-0.2, -0.15) is 0 Å². The maximum atomic E-state index is 14.1. The second kappa shape index (κ2) is 12.1. The molecule has 0 spiro atoms. The van der Waals surface area contributed by atoms with Crippen molar-refractivity contribution in [1.29, 1.82) is 0 Å². The minimum absolute atomic E-state index is 0.0343. The lowest BCUT2D eigenvalue weighted by atomic mass is 9.73. The van der Waals surface area contributed by atoms with Crippen LogP contribution in [0.15, 0.2) is 55.0 Å². The quantitative estimate of drug-likeness (QED) is 0.354. The molecule has 4 heterocycles. The molecule has 1 saturated carbocycles. The number of piperazine rings is 1. The molecule has 4 unspecified atom stereocenters. The van der Waals surface area contributed by atoms with Crippen LogP contribution in [-0.4, -0.2) is 72.0 Å². The zero-order valence-corrected chi connectivity index (χ0v) is 23.3. The number of hydrogen-bond acceptors (Lipinski definition) is 8. The Balaban J connectivity index is 1.09. The predicted octanol–water partition coefficient (Wildman–Crippen LogP) is 3.13. The highest BCUT2D eigenvalue weighted by molar-refractivity contribution is 6.04. The molecule has 3 aliphatic rings. The summed E-state index contributed by atoms with van der Waals surface area (Å²) in [6, 6.07) is 8.63. The van der Waals surface area contributed by atoms with Crippen molar-refractivity contribution < 1.29 is 18.4 Å². The highest BCUT2D eigenvalue weighted by Crippen LogP contribution is 2.40. The second-order valence-corrected chi connectivity index (χ2v) is 11.3. The van der Waals surface area contributed by atoms with E-state index >= 15 is 0 Å². The minimum atomic E-state index is -0.928. The summed E-state index contributed by atoms with van der Waals surface area (Å²) in [5.74, 6) is -1.82.